The minimum Gasteiger partial charge on any atom is -0.394 e. The Morgan fingerprint density at radius 3 is 1.08 bits per heavy atom. The molecule has 0 bridgehead atoms. The molecule has 0 aliphatic rings. The minimum absolute atomic E-state index is 0.0958. The van der Waals surface area contributed by atoms with Crippen LogP contribution in [0, 0.1) is 0 Å². The highest BCUT2D eigenvalue weighted by Gasteiger charge is 2.17. The second kappa shape index (κ2) is 55.4. The Bertz CT molecular complexity index is 1250. The lowest BCUT2D eigenvalue weighted by molar-refractivity contribution is -0.123. The molecule has 0 rings (SSSR count). The molecule has 0 aromatic rings. The fraction of sp³-hybridized carbons (Fsp3) is 0.689. The van der Waals surface area contributed by atoms with Crippen LogP contribution in [-0.4, -0.2) is 34.9 Å². The largest absolute Gasteiger partial charge is 0.394 e. The van der Waals surface area contributed by atoms with Crippen LogP contribution in [-0.2, 0) is 4.79 Å². The lowest BCUT2D eigenvalue weighted by atomic mass is 10.0. The van der Waals surface area contributed by atoms with E-state index in [9.17, 15) is 15.0 Å². The summed E-state index contributed by atoms with van der Waals surface area (Å²) in [4.78, 5) is 12.5. The third-order valence-corrected chi connectivity index (χ3v) is 12.0. The van der Waals surface area contributed by atoms with E-state index in [2.05, 4.69) is 116 Å². The Hall–Kier alpha value is -2.95. The molecule has 0 saturated carbocycles. The average Bonchev–Trinajstić information content (AvgIpc) is 3.31. The van der Waals surface area contributed by atoms with Crippen LogP contribution in [0.3, 0.4) is 0 Å². The summed E-state index contributed by atoms with van der Waals surface area (Å²) in [7, 11) is 0. The molecule has 4 nitrogen and oxygen atoms in total. The SMILES string of the molecule is CC/C=C\C/C=C\C/C=C\C/C=C\C/C=C\C/C=C\CCCCCCCCC(=O)NC(CO)C(O)/C=C/CC/C=C/CC/C=C/CCCCCCCCCCCCCCCCCCCC. The molecule has 0 aromatic carbocycles. The molecule has 0 spiro atoms. The highest BCUT2D eigenvalue weighted by atomic mass is 16.3. The molecule has 0 aliphatic carbocycles. The standard InChI is InChI=1S/C61H105NO3/c1-3-5-7-9-11-13-15-17-19-21-23-25-27-29-30-31-33-34-36-38-40-42-44-46-48-50-52-54-56-60(64)59(58-63)62-61(65)57-55-53-51-49-47-45-43-41-39-37-35-32-28-26-24-22-20-18-16-14-12-10-8-6-4-2/h6,8,12,14,18,20,24,26,32,35,38-41,46,48,54,56,59-60,63-64H,3-5,7,9-11,13,15-17,19,21-23,25,27-31,33-34,36-37,42-45,47,49-53,55,57-58H2,1-2H3,(H,62,65)/b8-6-,14-12-,20-18-,26-24-,35-32-,40-38+,41-39-,48-46+,56-54+. The Balaban J connectivity index is 3.65. The van der Waals surface area contributed by atoms with E-state index >= 15 is 0 Å². The van der Waals surface area contributed by atoms with Gasteiger partial charge in [-0.25, -0.2) is 0 Å². The van der Waals surface area contributed by atoms with Gasteiger partial charge in [0.2, 0.25) is 5.91 Å². The summed E-state index contributed by atoms with van der Waals surface area (Å²) in [5, 5.41) is 23.1. The van der Waals surface area contributed by atoms with E-state index in [0.717, 1.165) is 89.9 Å². The smallest absolute Gasteiger partial charge is 0.220 e. The molecule has 0 heterocycles. The molecule has 0 aromatic heterocycles. The van der Waals surface area contributed by atoms with Crippen LogP contribution < -0.4 is 5.32 Å². The van der Waals surface area contributed by atoms with Crippen molar-refractivity contribution in [3.63, 3.8) is 0 Å². The van der Waals surface area contributed by atoms with Gasteiger partial charge in [-0.3, -0.25) is 4.79 Å². The van der Waals surface area contributed by atoms with E-state index in [1.54, 1.807) is 6.08 Å². The molecule has 65 heavy (non-hydrogen) atoms. The predicted octanol–water partition coefficient (Wildman–Crippen LogP) is 18.3. The van der Waals surface area contributed by atoms with Gasteiger partial charge in [0.1, 0.15) is 0 Å². The summed E-state index contributed by atoms with van der Waals surface area (Å²) in [5.41, 5.74) is 0. The summed E-state index contributed by atoms with van der Waals surface area (Å²) in [6.07, 6.45) is 83.8. The zero-order valence-electron chi connectivity index (χ0n) is 42.7. The van der Waals surface area contributed by atoms with E-state index in [1.807, 2.05) is 6.08 Å². The lowest BCUT2D eigenvalue weighted by Crippen LogP contribution is -2.45. The monoisotopic (exact) mass is 900 g/mol. The van der Waals surface area contributed by atoms with Crippen molar-refractivity contribution in [2.45, 2.75) is 264 Å². The summed E-state index contributed by atoms with van der Waals surface area (Å²) in [5.74, 6) is -0.0958. The predicted molar refractivity (Wildman–Crippen MR) is 289 cm³/mol. The number of aliphatic hydroxyl groups is 2. The van der Waals surface area contributed by atoms with Gasteiger partial charge in [0.05, 0.1) is 18.8 Å². The first-order chi connectivity index (χ1) is 32.2. The van der Waals surface area contributed by atoms with Crippen LogP contribution in [0.25, 0.3) is 0 Å². The van der Waals surface area contributed by atoms with Crippen molar-refractivity contribution >= 4 is 5.91 Å². The molecule has 3 N–H and O–H groups in total. The van der Waals surface area contributed by atoms with Crippen LogP contribution >= 0.6 is 0 Å². The molecule has 0 aliphatic heterocycles. The van der Waals surface area contributed by atoms with Crippen molar-refractivity contribution in [2.24, 2.45) is 0 Å². The number of amides is 1. The van der Waals surface area contributed by atoms with Gasteiger partial charge in [0.25, 0.3) is 0 Å². The Morgan fingerprint density at radius 1 is 0.385 bits per heavy atom. The molecule has 0 saturated heterocycles. The Kier molecular flexibility index (Phi) is 52.9. The van der Waals surface area contributed by atoms with E-state index in [0.29, 0.717) is 6.42 Å². The Labute approximate surface area is 404 Å². The summed E-state index contributed by atoms with van der Waals surface area (Å²) < 4.78 is 0. The van der Waals surface area contributed by atoms with Gasteiger partial charge in [-0.1, -0.05) is 258 Å². The van der Waals surface area contributed by atoms with Crippen molar-refractivity contribution in [2.75, 3.05) is 6.61 Å². The van der Waals surface area contributed by atoms with Gasteiger partial charge >= 0.3 is 0 Å². The topological polar surface area (TPSA) is 69.6 Å². The average molecular weight is 901 g/mol. The van der Waals surface area contributed by atoms with Crippen molar-refractivity contribution in [1.29, 1.82) is 0 Å². The van der Waals surface area contributed by atoms with E-state index < -0.39 is 12.1 Å². The van der Waals surface area contributed by atoms with Crippen molar-refractivity contribution in [3.05, 3.63) is 109 Å². The number of hydrogen-bond acceptors (Lipinski definition) is 3. The van der Waals surface area contributed by atoms with E-state index in [1.165, 1.54) is 141 Å². The fourth-order valence-electron chi connectivity index (χ4n) is 7.80. The van der Waals surface area contributed by atoms with Crippen LogP contribution in [0.4, 0.5) is 0 Å². The van der Waals surface area contributed by atoms with Crippen molar-refractivity contribution in [3.8, 4) is 0 Å². The first-order valence-electron chi connectivity index (χ1n) is 27.6. The molecule has 4 heteroatoms. The maximum Gasteiger partial charge on any atom is 0.220 e. The molecule has 2 unspecified atom stereocenters. The van der Waals surface area contributed by atoms with Crippen LogP contribution in [0.5, 0.6) is 0 Å². The molecular formula is C61H105NO3. The third-order valence-electron chi connectivity index (χ3n) is 12.0. The van der Waals surface area contributed by atoms with Crippen LogP contribution in [0.15, 0.2) is 109 Å². The summed E-state index contributed by atoms with van der Waals surface area (Å²) in [6, 6.07) is -0.663. The molecule has 0 fully saturated rings. The second-order valence-corrected chi connectivity index (χ2v) is 18.2. The Morgan fingerprint density at radius 2 is 0.692 bits per heavy atom. The second-order valence-electron chi connectivity index (χ2n) is 18.2. The molecule has 372 valence electrons. The summed E-state index contributed by atoms with van der Waals surface area (Å²) in [6.45, 7) is 4.18. The maximum atomic E-state index is 12.5. The van der Waals surface area contributed by atoms with Gasteiger partial charge in [-0.15, -0.1) is 0 Å². The maximum absolute atomic E-state index is 12.5. The van der Waals surface area contributed by atoms with Gasteiger partial charge < -0.3 is 15.5 Å². The lowest BCUT2D eigenvalue weighted by Gasteiger charge is -2.19. The van der Waals surface area contributed by atoms with Crippen LogP contribution in [0.1, 0.15) is 251 Å². The summed E-state index contributed by atoms with van der Waals surface area (Å²) >= 11 is 0. The number of unbranched alkanes of at least 4 members (excludes halogenated alkanes) is 26. The molecule has 1 amide bonds. The first kappa shape index (κ1) is 62.1. The minimum atomic E-state index is -0.886. The number of hydrogen-bond donors (Lipinski definition) is 3. The van der Waals surface area contributed by atoms with E-state index in [4.69, 9.17) is 0 Å². The van der Waals surface area contributed by atoms with Crippen molar-refractivity contribution in [1.82, 2.24) is 5.32 Å². The first-order valence-corrected chi connectivity index (χ1v) is 27.6. The number of nitrogens with one attached hydrogen (secondary N) is 1. The number of carbonyl (C=O) groups is 1. The number of carbonyl (C=O) groups excluding carboxylic acids is 1. The van der Waals surface area contributed by atoms with Crippen molar-refractivity contribution < 1.29 is 15.0 Å². The van der Waals surface area contributed by atoms with Gasteiger partial charge in [0.15, 0.2) is 0 Å². The highest BCUT2D eigenvalue weighted by molar-refractivity contribution is 5.76. The molecule has 0 radical (unpaired) electrons. The number of aliphatic hydroxyl groups excluding tert-OH is 2. The van der Waals surface area contributed by atoms with Gasteiger partial charge in [-0.05, 0) is 96.3 Å². The third kappa shape index (κ3) is 51.9. The van der Waals surface area contributed by atoms with Gasteiger partial charge in [0, 0.05) is 6.42 Å². The quantitative estimate of drug-likeness (QED) is 0.0421. The molecule has 2 atom stereocenters. The fourth-order valence-corrected chi connectivity index (χ4v) is 7.80. The number of rotatable bonds is 49. The molecular weight excluding hydrogens is 795 g/mol. The number of allylic oxidation sites excluding steroid dienone is 17. The van der Waals surface area contributed by atoms with Gasteiger partial charge in [-0.2, -0.15) is 0 Å². The normalized spacial score (nSPS) is 13.7. The van der Waals surface area contributed by atoms with Crippen LogP contribution in [0.2, 0.25) is 0 Å². The zero-order valence-corrected chi connectivity index (χ0v) is 42.7. The zero-order chi connectivity index (χ0) is 47.0. The van der Waals surface area contributed by atoms with E-state index in [-0.39, 0.29) is 12.5 Å². The highest BCUT2D eigenvalue weighted by Crippen LogP contribution is 2.15.